The fourth-order valence-electron chi connectivity index (χ4n) is 4.46. The van der Waals surface area contributed by atoms with Crippen LogP contribution in [-0.4, -0.2) is 0 Å². The molecule has 2 aliphatic carbocycles. The zero-order chi connectivity index (χ0) is 9.69. The van der Waals surface area contributed by atoms with Gasteiger partial charge in [-0.1, -0.05) is 40.5 Å². The largest absolute Gasteiger partial charge is 0.0599 e. The molecule has 0 amide bonds. The molecule has 0 spiro atoms. The predicted octanol–water partition coefficient (Wildman–Crippen LogP) is 4.25. The van der Waals surface area contributed by atoms with E-state index in [9.17, 15) is 0 Å². The SMILES string of the molecule is CC1(C)CC2CCCC2C(C)(C)C1. The van der Waals surface area contributed by atoms with Gasteiger partial charge in [-0.2, -0.15) is 0 Å². The van der Waals surface area contributed by atoms with Crippen LogP contribution in [0.1, 0.15) is 59.8 Å². The molecule has 0 aromatic carbocycles. The Morgan fingerprint density at radius 2 is 1.69 bits per heavy atom. The quantitative estimate of drug-likeness (QED) is 0.523. The Bertz CT molecular complexity index is 200. The molecule has 0 saturated heterocycles. The fourth-order valence-corrected chi connectivity index (χ4v) is 4.46. The van der Waals surface area contributed by atoms with Crippen molar-refractivity contribution in [3.63, 3.8) is 0 Å². The minimum absolute atomic E-state index is 0.606. The summed E-state index contributed by atoms with van der Waals surface area (Å²) >= 11 is 0. The Morgan fingerprint density at radius 1 is 1.00 bits per heavy atom. The van der Waals surface area contributed by atoms with Crippen LogP contribution in [0.25, 0.3) is 0 Å². The van der Waals surface area contributed by atoms with Crippen LogP contribution in [-0.2, 0) is 0 Å². The van der Waals surface area contributed by atoms with Crippen LogP contribution in [0, 0.1) is 22.7 Å². The first-order valence-corrected chi connectivity index (χ1v) is 5.91. The summed E-state index contributed by atoms with van der Waals surface area (Å²) in [6.45, 7) is 9.92. The van der Waals surface area contributed by atoms with Crippen LogP contribution in [0.3, 0.4) is 0 Å². The smallest absolute Gasteiger partial charge is 0.0318 e. The zero-order valence-corrected chi connectivity index (χ0v) is 9.69. The van der Waals surface area contributed by atoms with Gasteiger partial charge in [-0.15, -0.1) is 0 Å². The average Bonchev–Trinajstić information content (AvgIpc) is 2.29. The minimum atomic E-state index is 0.606. The second-order valence-electron chi connectivity index (χ2n) is 6.83. The lowest BCUT2D eigenvalue weighted by molar-refractivity contribution is 0.0145. The molecule has 2 rings (SSSR count). The lowest BCUT2D eigenvalue weighted by Crippen LogP contribution is -2.39. The molecule has 0 N–H and O–H groups in total. The molecule has 0 nitrogen and oxygen atoms in total. The second-order valence-corrected chi connectivity index (χ2v) is 6.83. The van der Waals surface area contributed by atoms with Crippen LogP contribution < -0.4 is 0 Å². The molecule has 0 radical (unpaired) electrons. The molecule has 2 saturated carbocycles. The highest BCUT2D eigenvalue weighted by atomic mass is 14.5. The summed E-state index contributed by atoms with van der Waals surface area (Å²) in [5.41, 5.74) is 1.22. The molecule has 0 heteroatoms. The van der Waals surface area contributed by atoms with Gasteiger partial charge in [0.2, 0.25) is 0 Å². The van der Waals surface area contributed by atoms with Crippen LogP contribution in [0.15, 0.2) is 0 Å². The fraction of sp³-hybridized carbons (Fsp3) is 1.00. The Labute approximate surface area is 83.1 Å². The monoisotopic (exact) mass is 180 g/mol. The highest BCUT2D eigenvalue weighted by Crippen LogP contribution is 2.57. The third kappa shape index (κ3) is 1.65. The number of rotatable bonds is 0. The standard InChI is InChI=1S/C13H24/c1-12(2)8-10-6-5-7-11(10)13(3,4)9-12/h10-11H,5-9H2,1-4H3. The van der Waals surface area contributed by atoms with E-state index in [-0.39, 0.29) is 0 Å². The van der Waals surface area contributed by atoms with Crippen molar-refractivity contribution >= 4 is 0 Å². The maximum absolute atomic E-state index is 2.50. The second kappa shape index (κ2) is 2.74. The van der Waals surface area contributed by atoms with Crippen LogP contribution in [0.2, 0.25) is 0 Å². The van der Waals surface area contributed by atoms with Crippen molar-refractivity contribution in [1.82, 2.24) is 0 Å². The maximum Gasteiger partial charge on any atom is -0.0318 e. The van der Waals surface area contributed by atoms with Gasteiger partial charge in [-0.25, -0.2) is 0 Å². The van der Waals surface area contributed by atoms with E-state index >= 15 is 0 Å². The van der Waals surface area contributed by atoms with Crippen LogP contribution in [0.4, 0.5) is 0 Å². The van der Waals surface area contributed by atoms with Gasteiger partial charge in [0, 0.05) is 0 Å². The summed E-state index contributed by atoms with van der Waals surface area (Å²) in [4.78, 5) is 0. The number of hydrogen-bond donors (Lipinski definition) is 0. The lowest BCUT2D eigenvalue weighted by Gasteiger charge is -2.48. The zero-order valence-electron chi connectivity index (χ0n) is 9.69. The summed E-state index contributed by atoms with van der Waals surface area (Å²) in [5.74, 6) is 2.10. The van der Waals surface area contributed by atoms with Crippen molar-refractivity contribution in [1.29, 1.82) is 0 Å². The third-order valence-electron chi connectivity index (χ3n) is 4.41. The number of fused-ring (bicyclic) bond motifs is 1. The molecule has 76 valence electrons. The van der Waals surface area contributed by atoms with Crippen molar-refractivity contribution in [2.24, 2.45) is 22.7 Å². The topological polar surface area (TPSA) is 0 Å². The van der Waals surface area contributed by atoms with E-state index in [0.29, 0.717) is 10.8 Å². The van der Waals surface area contributed by atoms with Crippen molar-refractivity contribution in [2.45, 2.75) is 59.8 Å². The summed E-state index contributed by atoms with van der Waals surface area (Å²) < 4.78 is 0. The molecule has 2 fully saturated rings. The highest BCUT2D eigenvalue weighted by molar-refractivity contribution is 4.97. The van der Waals surface area contributed by atoms with Gasteiger partial charge in [0.15, 0.2) is 0 Å². The first kappa shape index (κ1) is 9.55. The van der Waals surface area contributed by atoms with Gasteiger partial charge in [0.1, 0.15) is 0 Å². The van der Waals surface area contributed by atoms with Gasteiger partial charge < -0.3 is 0 Å². The van der Waals surface area contributed by atoms with E-state index in [4.69, 9.17) is 0 Å². The van der Waals surface area contributed by atoms with E-state index in [1.807, 2.05) is 0 Å². The average molecular weight is 180 g/mol. The summed E-state index contributed by atoms with van der Waals surface area (Å²) in [6.07, 6.45) is 7.43. The highest BCUT2D eigenvalue weighted by Gasteiger charge is 2.47. The van der Waals surface area contributed by atoms with E-state index in [2.05, 4.69) is 27.7 Å². The number of hydrogen-bond acceptors (Lipinski definition) is 0. The molecule has 0 heterocycles. The molecular formula is C13H24. The van der Waals surface area contributed by atoms with Gasteiger partial charge in [0.25, 0.3) is 0 Å². The van der Waals surface area contributed by atoms with Crippen molar-refractivity contribution < 1.29 is 0 Å². The molecule has 0 aromatic heterocycles. The van der Waals surface area contributed by atoms with Crippen molar-refractivity contribution in [3.05, 3.63) is 0 Å². The first-order valence-electron chi connectivity index (χ1n) is 5.91. The van der Waals surface area contributed by atoms with Gasteiger partial charge in [-0.3, -0.25) is 0 Å². The van der Waals surface area contributed by atoms with Crippen LogP contribution in [0.5, 0.6) is 0 Å². The Balaban J connectivity index is 2.21. The summed E-state index contributed by atoms with van der Waals surface area (Å²) in [5, 5.41) is 0. The predicted molar refractivity (Wildman–Crippen MR) is 57.6 cm³/mol. The maximum atomic E-state index is 2.50. The van der Waals surface area contributed by atoms with Gasteiger partial charge >= 0.3 is 0 Å². The summed E-state index contributed by atoms with van der Waals surface area (Å²) in [7, 11) is 0. The van der Waals surface area contributed by atoms with Gasteiger partial charge in [0.05, 0.1) is 0 Å². The van der Waals surface area contributed by atoms with Crippen molar-refractivity contribution in [2.75, 3.05) is 0 Å². The van der Waals surface area contributed by atoms with E-state index in [1.165, 1.54) is 32.1 Å². The van der Waals surface area contributed by atoms with Gasteiger partial charge in [-0.05, 0) is 41.9 Å². The molecule has 13 heavy (non-hydrogen) atoms. The molecule has 2 unspecified atom stereocenters. The van der Waals surface area contributed by atoms with Crippen LogP contribution >= 0.6 is 0 Å². The molecule has 0 bridgehead atoms. The van der Waals surface area contributed by atoms with E-state index < -0.39 is 0 Å². The third-order valence-corrected chi connectivity index (χ3v) is 4.41. The Hall–Kier alpha value is 0. The summed E-state index contributed by atoms with van der Waals surface area (Å²) in [6, 6.07) is 0. The molecule has 0 aliphatic heterocycles. The molecule has 2 atom stereocenters. The minimum Gasteiger partial charge on any atom is -0.0599 e. The first-order chi connectivity index (χ1) is 5.91. The lowest BCUT2D eigenvalue weighted by atomic mass is 9.57. The van der Waals surface area contributed by atoms with E-state index in [0.717, 1.165) is 11.8 Å². The molecule has 2 aliphatic rings. The normalized spacial score (nSPS) is 41.5. The van der Waals surface area contributed by atoms with E-state index in [1.54, 1.807) is 0 Å². The Kier molecular flexibility index (Phi) is 2.02. The molecule has 0 aromatic rings. The molecular weight excluding hydrogens is 156 g/mol. The Morgan fingerprint density at radius 3 is 2.38 bits per heavy atom. The van der Waals surface area contributed by atoms with Crippen molar-refractivity contribution in [3.8, 4) is 0 Å².